The van der Waals surface area contributed by atoms with E-state index in [0.29, 0.717) is 23.6 Å². The van der Waals surface area contributed by atoms with Gasteiger partial charge in [0.1, 0.15) is 12.1 Å². The van der Waals surface area contributed by atoms with Gasteiger partial charge in [-0.15, -0.1) is 0 Å². The number of aromatic nitrogens is 2. The second-order valence-corrected chi connectivity index (χ2v) is 7.91. The third kappa shape index (κ3) is 4.52. The van der Waals surface area contributed by atoms with Crippen LogP contribution in [0, 0.1) is 0 Å². The van der Waals surface area contributed by atoms with E-state index in [-0.39, 0.29) is 12.1 Å². The summed E-state index contributed by atoms with van der Waals surface area (Å²) in [6.07, 6.45) is 0.533. The van der Waals surface area contributed by atoms with Crippen molar-refractivity contribution < 1.29 is 22.8 Å². The van der Waals surface area contributed by atoms with Crippen molar-refractivity contribution in [1.82, 2.24) is 19.4 Å². The lowest BCUT2D eigenvalue weighted by atomic mass is 9.99. The first-order valence-corrected chi connectivity index (χ1v) is 10.5. The summed E-state index contributed by atoms with van der Waals surface area (Å²) in [5.74, 6) is -0.606. The summed E-state index contributed by atoms with van der Waals surface area (Å²) in [5, 5.41) is -0.698. The summed E-state index contributed by atoms with van der Waals surface area (Å²) in [6.45, 7) is 3.66. The molecule has 1 aromatic heterocycles. The molecule has 0 N–H and O–H groups in total. The highest BCUT2D eigenvalue weighted by molar-refractivity contribution is 6.34. The van der Waals surface area contributed by atoms with Crippen LogP contribution in [-0.4, -0.2) is 58.0 Å². The summed E-state index contributed by atoms with van der Waals surface area (Å²) in [4.78, 5) is 37.7. The van der Waals surface area contributed by atoms with Gasteiger partial charge in [0.15, 0.2) is 6.04 Å². The zero-order valence-corrected chi connectivity index (χ0v) is 19.3. The van der Waals surface area contributed by atoms with Crippen molar-refractivity contribution in [1.29, 1.82) is 0 Å². The van der Waals surface area contributed by atoms with Crippen LogP contribution in [0.15, 0.2) is 35.6 Å². The molecule has 0 fully saturated rings. The van der Waals surface area contributed by atoms with E-state index in [4.69, 9.17) is 11.6 Å². The molecule has 2 aromatic rings. The minimum Gasteiger partial charge on any atom is -0.347 e. The Labute approximate surface area is 194 Å². The van der Waals surface area contributed by atoms with Crippen LogP contribution >= 0.6 is 11.6 Å². The number of aliphatic imine (C=N–C) groups is 1. The predicted molar refractivity (Wildman–Crippen MR) is 119 cm³/mol. The quantitative estimate of drug-likeness (QED) is 0.611. The molecule has 1 aromatic carbocycles. The van der Waals surface area contributed by atoms with Gasteiger partial charge in [-0.3, -0.25) is 14.2 Å². The number of imidazole rings is 1. The molecule has 1 atom stereocenters. The molecule has 176 valence electrons. The highest BCUT2D eigenvalue weighted by Gasteiger charge is 2.42. The molecule has 0 saturated carbocycles. The van der Waals surface area contributed by atoms with Gasteiger partial charge < -0.3 is 9.80 Å². The molecule has 0 saturated heterocycles. The molecular formula is C22H23ClF3N5O2. The number of nitrogens with zero attached hydrogens (tertiary/aromatic N) is 5. The Kier molecular flexibility index (Phi) is 6.97. The van der Waals surface area contributed by atoms with Gasteiger partial charge in [-0.05, 0) is 32.1 Å². The van der Waals surface area contributed by atoms with E-state index < -0.39 is 34.6 Å². The van der Waals surface area contributed by atoms with Crippen molar-refractivity contribution in [2.24, 2.45) is 4.99 Å². The normalized spacial score (nSPS) is 16.8. The van der Waals surface area contributed by atoms with Gasteiger partial charge in [-0.1, -0.05) is 17.7 Å². The summed E-state index contributed by atoms with van der Waals surface area (Å²) < 4.78 is 41.7. The highest BCUT2D eigenvalue weighted by Crippen LogP contribution is 2.38. The van der Waals surface area contributed by atoms with Crippen molar-refractivity contribution in [2.75, 3.05) is 20.6 Å². The molecule has 0 bridgehead atoms. The zero-order valence-electron chi connectivity index (χ0n) is 18.5. The van der Waals surface area contributed by atoms with E-state index in [2.05, 4.69) is 9.98 Å². The number of halogens is 4. The lowest BCUT2D eigenvalue weighted by Gasteiger charge is -2.36. The van der Waals surface area contributed by atoms with Crippen LogP contribution in [-0.2, 0) is 17.4 Å². The van der Waals surface area contributed by atoms with Crippen molar-refractivity contribution in [3.8, 4) is 0 Å². The minimum absolute atomic E-state index is 0.0845. The van der Waals surface area contributed by atoms with Crippen LogP contribution in [0.4, 0.5) is 13.2 Å². The van der Waals surface area contributed by atoms with Crippen LogP contribution in [0.5, 0.6) is 0 Å². The maximum absolute atomic E-state index is 13.4. The molecular weight excluding hydrogens is 459 g/mol. The van der Waals surface area contributed by atoms with Gasteiger partial charge in [-0.25, -0.2) is 9.98 Å². The van der Waals surface area contributed by atoms with Crippen LogP contribution in [0.2, 0.25) is 5.02 Å². The maximum Gasteiger partial charge on any atom is 0.417 e. The van der Waals surface area contributed by atoms with E-state index in [9.17, 15) is 22.8 Å². The number of amides is 2. The molecule has 1 aliphatic heterocycles. The second kappa shape index (κ2) is 9.38. The first-order valence-electron chi connectivity index (χ1n) is 10.1. The van der Waals surface area contributed by atoms with Crippen molar-refractivity contribution in [3.63, 3.8) is 0 Å². The molecule has 2 heterocycles. The molecule has 1 aliphatic rings. The van der Waals surface area contributed by atoms with E-state index in [1.54, 1.807) is 23.8 Å². The lowest BCUT2D eigenvalue weighted by Crippen LogP contribution is -2.47. The molecule has 11 heteroatoms. The van der Waals surface area contributed by atoms with E-state index in [1.165, 1.54) is 36.3 Å². The Hall–Kier alpha value is -3.14. The van der Waals surface area contributed by atoms with Crippen molar-refractivity contribution >= 4 is 35.5 Å². The van der Waals surface area contributed by atoms with Gasteiger partial charge in [0.25, 0.3) is 11.8 Å². The molecule has 0 spiro atoms. The fourth-order valence-corrected chi connectivity index (χ4v) is 4.07. The number of rotatable bonds is 4. The summed E-state index contributed by atoms with van der Waals surface area (Å²) in [7, 11) is 3.07. The van der Waals surface area contributed by atoms with Gasteiger partial charge in [0, 0.05) is 33.3 Å². The van der Waals surface area contributed by atoms with E-state index in [0.717, 1.165) is 12.1 Å². The average molecular weight is 482 g/mol. The summed E-state index contributed by atoms with van der Waals surface area (Å²) in [6, 6.07) is 2.03. The molecule has 1 unspecified atom stereocenters. The van der Waals surface area contributed by atoms with Gasteiger partial charge >= 0.3 is 6.18 Å². The molecule has 7 nitrogen and oxygen atoms in total. The predicted octanol–water partition coefficient (Wildman–Crippen LogP) is 4.29. The molecule has 3 rings (SSSR count). The molecule has 0 aliphatic carbocycles. The molecule has 0 radical (unpaired) electrons. The SMILES string of the molecule is C/C=N\C(=C/C)n1cnc2c1CCN(C(=O)c1cccc(C(F)(F)F)c1Cl)C2C(=O)N(C)C. The first-order chi connectivity index (χ1) is 15.5. The number of fused-ring (bicyclic) bond motifs is 1. The van der Waals surface area contributed by atoms with Gasteiger partial charge in [0.2, 0.25) is 0 Å². The van der Waals surface area contributed by atoms with Gasteiger partial charge in [0.05, 0.1) is 27.5 Å². The number of likely N-dealkylation sites (N-methyl/N-ethyl adjacent to an activating group) is 1. The first kappa shape index (κ1) is 24.5. The third-order valence-corrected chi connectivity index (χ3v) is 5.70. The van der Waals surface area contributed by atoms with Crippen molar-refractivity contribution in [3.05, 3.63) is 58.1 Å². The Morgan fingerprint density at radius 2 is 1.97 bits per heavy atom. The standard InChI is InChI=1S/C22H23ClF3N5O2/c1-5-16(27-6-2)31-12-28-18-15(31)10-11-30(19(18)21(33)29(3)4)20(32)13-8-7-9-14(17(13)23)22(24,25)26/h5-9,12,19H,10-11H2,1-4H3/b16-5+,27-6-. The Bertz CT molecular complexity index is 1140. The number of hydrogen-bond acceptors (Lipinski definition) is 4. The van der Waals surface area contributed by atoms with Crippen LogP contribution in [0.25, 0.3) is 5.82 Å². The Morgan fingerprint density at radius 3 is 2.55 bits per heavy atom. The van der Waals surface area contributed by atoms with Crippen LogP contribution in [0.1, 0.15) is 47.2 Å². The second-order valence-electron chi connectivity index (χ2n) is 7.53. The van der Waals surface area contributed by atoms with Crippen LogP contribution < -0.4 is 0 Å². The van der Waals surface area contributed by atoms with E-state index in [1.807, 2.05) is 6.92 Å². The minimum atomic E-state index is -4.72. The molecule has 33 heavy (non-hydrogen) atoms. The number of carbonyl (C=O) groups excluding carboxylic acids is 2. The topological polar surface area (TPSA) is 70.8 Å². The Morgan fingerprint density at radius 1 is 1.27 bits per heavy atom. The average Bonchev–Trinajstić information content (AvgIpc) is 3.19. The summed E-state index contributed by atoms with van der Waals surface area (Å²) >= 11 is 5.99. The highest BCUT2D eigenvalue weighted by atomic mass is 35.5. The monoisotopic (exact) mass is 481 g/mol. The number of benzene rings is 1. The number of allylic oxidation sites excluding steroid dienone is 1. The number of carbonyl (C=O) groups is 2. The fraction of sp³-hybridized carbons (Fsp3) is 0.364. The van der Waals surface area contributed by atoms with Crippen LogP contribution in [0.3, 0.4) is 0 Å². The van der Waals surface area contributed by atoms with E-state index >= 15 is 0 Å². The number of hydrogen-bond donors (Lipinski definition) is 0. The van der Waals surface area contributed by atoms with Crippen molar-refractivity contribution in [2.45, 2.75) is 32.5 Å². The largest absolute Gasteiger partial charge is 0.417 e. The number of alkyl halides is 3. The smallest absolute Gasteiger partial charge is 0.347 e. The lowest BCUT2D eigenvalue weighted by molar-refractivity contribution is -0.137. The zero-order chi connectivity index (χ0) is 24.5. The molecule has 2 amide bonds. The third-order valence-electron chi connectivity index (χ3n) is 5.30. The maximum atomic E-state index is 13.4. The summed E-state index contributed by atoms with van der Waals surface area (Å²) in [5.41, 5.74) is -0.381. The fourth-order valence-electron chi connectivity index (χ4n) is 3.76. The van der Waals surface area contributed by atoms with Gasteiger partial charge in [-0.2, -0.15) is 13.2 Å². The Balaban J connectivity index is 2.11.